The van der Waals surface area contributed by atoms with E-state index >= 15 is 0 Å². The first-order valence-electron chi connectivity index (χ1n) is 5.24. The van der Waals surface area contributed by atoms with E-state index in [1.807, 2.05) is 0 Å². The van der Waals surface area contributed by atoms with Crippen LogP contribution in [0.2, 0.25) is 0 Å². The first-order chi connectivity index (χ1) is 8.43. The second-order valence-electron chi connectivity index (χ2n) is 3.77. The number of nitrogens with two attached hydrogens (primary N) is 1. The highest BCUT2D eigenvalue weighted by molar-refractivity contribution is 5.96. The van der Waals surface area contributed by atoms with Crippen LogP contribution in [0.25, 0.3) is 0 Å². The number of nitrogens with zero attached hydrogens (tertiary/aromatic N) is 2. The van der Waals surface area contributed by atoms with Crippen LogP contribution < -0.4 is 11.1 Å². The molecule has 0 bridgehead atoms. The normalized spacial score (nSPS) is 11.1. The maximum atomic E-state index is 9.39. The van der Waals surface area contributed by atoms with Crippen LogP contribution in [-0.2, 0) is 6.54 Å². The van der Waals surface area contributed by atoms with Crippen LogP contribution in [0.1, 0.15) is 5.56 Å². The number of guanidine groups is 2. The monoisotopic (exact) mass is 251 g/mol. The zero-order valence-corrected chi connectivity index (χ0v) is 10.3. The van der Waals surface area contributed by atoms with Gasteiger partial charge in [0.2, 0.25) is 5.96 Å². The van der Waals surface area contributed by atoms with Crippen molar-refractivity contribution in [3.8, 4) is 11.5 Å². The fourth-order valence-electron chi connectivity index (χ4n) is 1.46. The Hall–Kier alpha value is -2.44. The van der Waals surface area contributed by atoms with E-state index in [-0.39, 0.29) is 17.5 Å². The van der Waals surface area contributed by atoms with E-state index in [1.54, 1.807) is 25.1 Å². The Balaban J connectivity index is 2.76. The Morgan fingerprint density at radius 1 is 1.44 bits per heavy atom. The number of phenolic OH excluding ortho intramolecular Hbond substituents is 2. The summed E-state index contributed by atoms with van der Waals surface area (Å²) < 4.78 is 0. The minimum Gasteiger partial charge on any atom is -0.504 e. The Labute approximate surface area is 105 Å². The lowest BCUT2D eigenvalue weighted by Gasteiger charge is -2.21. The molecule has 0 saturated carbocycles. The van der Waals surface area contributed by atoms with E-state index in [9.17, 15) is 10.2 Å². The minimum atomic E-state index is -0.198. The van der Waals surface area contributed by atoms with Crippen molar-refractivity contribution in [3.05, 3.63) is 23.8 Å². The van der Waals surface area contributed by atoms with Crippen LogP contribution in [0, 0.1) is 5.41 Å². The molecule has 0 aliphatic carbocycles. The van der Waals surface area contributed by atoms with Gasteiger partial charge in [-0.25, -0.2) is 0 Å². The number of nitrogens with one attached hydrogen (secondary N) is 2. The fraction of sp³-hybridized carbons (Fsp3) is 0.273. The third-order valence-corrected chi connectivity index (χ3v) is 2.28. The van der Waals surface area contributed by atoms with Gasteiger partial charge < -0.3 is 20.8 Å². The van der Waals surface area contributed by atoms with E-state index < -0.39 is 0 Å². The van der Waals surface area contributed by atoms with Crippen molar-refractivity contribution in [1.82, 2.24) is 10.2 Å². The van der Waals surface area contributed by atoms with E-state index in [0.29, 0.717) is 12.5 Å². The highest BCUT2D eigenvalue weighted by Crippen LogP contribution is 2.25. The summed E-state index contributed by atoms with van der Waals surface area (Å²) in [6.07, 6.45) is 0. The summed E-state index contributed by atoms with van der Waals surface area (Å²) in [5, 5.41) is 28.3. The topological polar surface area (TPSA) is 118 Å². The SMILES string of the molecule is C/N=C(/NC(=N)N)N(C)Cc1ccc(O)c(O)c1. The first kappa shape index (κ1) is 13.6. The van der Waals surface area contributed by atoms with Crippen LogP contribution in [0.5, 0.6) is 11.5 Å². The van der Waals surface area contributed by atoms with Gasteiger partial charge in [0, 0.05) is 20.6 Å². The van der Waals surface area contributed by atoms with Gasteiger partial charge in [0.25, 0.3) is 0 Å². The van der Waals surface area contributed by atoms with E-state index in [0.717, 1.165) is 5.56 Å². The van der Waals surface area contributed by atoms with Crippen molar-refractivity contribution in [2.24, 2.45) is 10.7 Å². The number of rotatable bonds is 2. The van der Waals surface area contributed by atoms with Gasteiger partial charge in [-0.3, -0.25) is 15.7 Å². The number of hydrogen-bond donors (Lipinski definition) is 5. The lowest BCUT2D eigenvalue weighted by Crippen LogP contribution is -2.44. The highest BCUT2D eigenvalue weighted by Gasteiger charge is 2.08. The Kier molecular flexibility index (Phi) is 4.36. The molecule has 0 fully saturated rings. The second-order valence-corrected chi connectivity index (χ2v) is 3.77. The Morgan fingerprint density at radius 2 is 2.11 bits per heavy atom. The second kappa shape index (κ2) is 5.76. The van der Waals surface area contributed by atoms with Gasteiger partial charge in [0.1, 0.15) is 0 Å². The fourth-order valence-corrected chi connectivity index (χ4v) is 1.46. The number of aliphatic imine (C=N–C) groups is 1. The summed E-state index contributed by atoms with van der Waals surface area (Å²) in [6.45, 7) is 0.445. The molecule has 98 valence electrons. The predicted octanol–water partition coefficient (Wildman–Crippen LogP) is -0.00153. The third kappa shape index (κ3) is 3.55. The quantitative estimate of drug-likeness (QED) is 0.288. The van der Waals surface area contributed by atoms with Gasteiger partial charge in [0.15, 0.2) is 17.5 Å². The lowest BCUT2D eigenvalue weighted by molar-refractivity contribution is 0.401. The predicted molar refractivity (Wildman–Crippen MR) is 69.6 cm³/mol. The highest BCUT2D eigenvalue weighted by atomic mass is 16.3. The van der Waals surface area contributed by atoms with Crippen molar-refractivity contribution in [1.29, 1.82) is 5.41 Å². The first-order valence-corrected chi connectivity index (χ1v) is 5.24. The number of hydrogen-bond acceptors (Lipinski definition) is 4. The van der Waals surface area contributed by atoms with Crippen molar-refractivity contribution < 1.29 is 10.2 Å². The van der Waals surface area contributed by atoms with Gasteiger partial charge in [-0.2, -0.15) is 0 Å². The molecule has 7 heteroatoms. The van der Waals surface area contributed by atoms with Gasteiger partial charge >= 0.3 is 0 Å². The van der Waals surface area contributed by atoms with Crippen LogP contribution in [0.3, 0.4) is 0 Å². The minimum absolute atomic E-state index is 0.160. The van der Waals surface area contributed by atoms with E-state index in [4.69, 9.17) is 11.1 Å². The summed E-state index contributed by atoms with van der Waals surface area (Å²) in [4.78, 5) is 5.69. The molecular weight excluding hydrogens is 234 g/mol. The van der Waals surface area contributed by atoms with E-state index in [1.165, 1.54) is 12.1 Å². The number of benzene rings is 1. The molecule has 0 aliphatic heterocycles. The van der Waals surface area contributed by atoms with Crippen LogP contribution in [0.15, 0.2) is 23.2 Å². The molecule has 0 radical (unpaired) electrons. The summed E-state index contributed by atoms with van der Waals surface area (Å²) in [5.41, 5.74) is 6.03. The molecule has 6 N–H and O–H groups in total. The maximum Gasteiger partial charge on any atom is 0.200 e. The van der Waals surface area contributed by atoms with Gasteiger partial charge in [-0.05, 0) is 17.7 Å². The average molecular weight is 251 g/mol. The number of phenols is 2. The molecule has 0 unspecified atom stereocenters. The molecule has 0 amide bonds. The summed E-state index contributed by atoms with van der Waals surface area (Å²) >= 11 is 0. The summed E-state index contributed by atoms with van der Waals surface area (Å²) in [5.74, 6) is -0.0888. The summed E-state index contributed by atoms with van der Waals surface area (Å²) in [7, 11) is 3.35. The maximum absolute atomic E-state index is 9.39. The van der Waals surface area contributed by atoms with Crippen molar-refractivity contribution in [2.75, 3.05) is 14.1 Å². The average Bonchev–Trinajstić information content (AvgIpc) is 2.30. The molecular formula is C11H17N5O2. The molecule has 0 aliphatic rings. The van der Waals surface area contributed by atoms with E-state index in [2.05, 4.69) is 10.3 Å². The smallest absolute Gasteiger partial charge is 0.200 e. The Bertz CT molecular complexity index is 473. The lowest BCUT2D eigenvalue weighted by atomic mass is 10.2. The molecule has 0 saturated heterocycles. The van der Waals surface area contributed by atoms with Crippen LogP contribution in [-0.4, -0.2) is 41.1 Å². The third-order valence-electron chi connectivity index (χ3n) is 2.28. The zero-order valence-electron chi connectivity index (χ0n) is 10.3. The van der Waals surface area contributed by atoms with Crippen molar-refractivity contribution >= 4 is 11.9 Å². The van der Waals surface area contributed by atoms with Gasteiger partial charge in [-0.1, -0.05) is 6.07 Å². The van der Waals surface area contributed by atoms with Crippen LogP contribution in [0.4, 0.5) is 0 Å². The largest absolute Gasteiger partial charge is 0.504 e. The molecule has 0 heterocycles. The summed E-state index contributed by atoms with van der Waals surface area (Å²) in [6, 6.07) is 4.57. The van der Waals surface area contributed by atoms with Gasteiger partial charge in [-0.15, -0.1) is 0 Å². The van der Waals surface area contributed by atoms with Crippen LogP contribution >= 0.6 is 0 Å². The molecule has 7 nitrogen and oxygen atoms in total. The van der Waals surface area contributed by atoms with Crippen molar-refractivity contribution in [3.63, 3.8) is 0 Å². The number of aromatic hydroxyl groups is 2. The molecule has 0 atom stereocenters. The standard InChI is InChI=1S/C11H17N5O2/c1-14-11(15-10(12)13)16(2)6-7-3-4-8(17)9(18)5-7/h3-5,17-18H,6H2,1-2H3,(H4,12,13,14,15). The zero-order chi connectivity index (χ0) is 13.7. The molecule has 1 aromatic rings. The molecule has 0 spiro atoms. The Morgan fingerprint density at radius 3 is 2.61 bits per heavy atom. The van der Waals surface area contributed by atoms with Gasteiger partial charge in [0.05, 0.1) is 0 Å². The molecule has 1 aromatic carbocycles. The molecule has 18 heavy (non-hydrogen) atoms. The molecule has 1 rings (SSSR count). The molecule has 0 aromatic heterocycles. The van der Waals surface area contributed by atoms with Crippen molar-refractivity contribution in [2.45, 2.75) is 6.54 Å².